The summed E-state index contributed by atoms with van der Waals surface area (Å²) in [5.41, 5.74) is -0.327. The molecule has 0 aromatic heterocycles. The predicted molar refractivity (Wildman–Crippen MR) is 42.5 cm³/mol. The fourth-order valence-corrected chi connectivity index (χ4v) is 0.667. The summed E-state index contributed by atoms with van der Waals surface area (Å²) in [6, 6.07) is 0. The van der Waals surface area contributed by atoms with Crippen LogP contribution in [0.3, 0.4) is 0 Å². The van der Waals surface area contributed by atoms with Gasteiger partial charge in [-0.15, -0.1) is 0 Å². The van der Waals surface area contributed by atoms with E-state index in [0.717, 1.165) is 6.42 Å². The molecule has 0 atom stereocenters. The number of rotatable bonds is 3. The maximum absolute atomic E-state index is 10.9. The molecule has 0 bridgehead atoms. The fraction of sp³-hybridized carbons (Fsp3) is 0.750. The lowest BCUT2D eigenvalue weighted by Crippen LogP contribution is -2.40. The van der Waals surface area contributed by atoms with Crippen LogP contribution in [-0.2, 0) is 4.79 Å². The highest BCUT2D eigenvalue weighted by molar-refractivity contribution is 5.76. The Morgan fingerprint density at radius 3 is 2.40 bits per heavy atom. The maximum Gasteiger partial charge on any atom is 0.220 e. The van der Waals surface area contributed by atoms with Gasteiger partial charge in [-0.05, 0) is 27.2 Å². The van der Waals surface area contributed by atoms with Crippen LogP contribution in [0.25, 0.3) is 0 Å². The highest BCUT2D eigenvalue weighted by Crippen LogP contribution is 1.98. The van der Waals surface area contributed by atoms with Crippen molar-refractivity contribution in [3.8, 4) is 0 Å². The van der Waals surface area contributed by atoms with Gasteiger partial charge >= 0.3 is 0 Å². The molecule has 0 aromatic carbocycles. The largest absolute Gasteiger partial charge is 0.351 e. The summed E-state index contributed by atoms with van der Waals surface area (Å²) in [4.78, 5) is 10.9. The van der Waals surface area contributed by atoms with Crippen LogP contribution in [-0.4, -0.2) is 11.4 Å². The molecule has 1 radical (unpaired) electrons. The lowest BCUT2D eigenvalue weighted by Gasteiger charge is -2.19. The van der Waals surface area contributed by atoms with Crippen LogP contribution in [0.1, 0.15) is 33.6 Å². The molecule has 1 N–H and O–H groups in total. The summed E-state index contributed by atoms with van der Waals surface area (Å²) in [5.74, 6) is 0.0856. The van der Waals surface area contributed by atoms with E-state index in [1.807, 2.05) is 20.8 Å². The Morgan fingerprint density at radius 2 is 2.10 bits per heavy atom. The smallest absolute Gasteiger partial charge is 0.220 e. The van der Waals surface area contributed by atoms with Crippen molar-refractivity contribution in [3.63, 3.8) is 0 Å². The van der Waals surface area contributed by atoms with Crippen molar-refractivity contribution in [3.05, 3.63) is 6.92 Å². The van der Waals surface area contributed by atoms with Crippen LogP contribution < -0.4 is 5.32 Å². The molecule has 0 saturated carbocycles. The fourth-order valence-electron chi connectivity index (χ4n) is 0.667. The van der Waals surface area contributed by atoms with Gasteiger partial charge in [0.15, 0.2) is 0 Å². The molecule has 0 spiro atoms. The monoisotopic (exact) mass is 142 g/mol. The van der Waals surface area contributed by atoms with E-state index in [-0.39, 0.29) is 11.4 Å². The van der Waals surface area contributed by atoms with Gasteiger partial charge in [-0.1, -0.05) is 6.92 Å². The van der Waals surface area contributed by atoms with Crippen LogP contribution in [0.4, 0.5) is 0 Å². The van der Waals surface area contributed by atoms with Crippen molar-refractivity contribution < 1.29 is 4.79 Å². The molecule has 2 heteroatoms. The van der Waals surface area contributed by atoms with Gasteiger partial charge in [0.05, 0.1) is 0 Å². The van der Waals surface area contributed by atoms with Crippen LogP contribution in [0.5, 0.6) is 0 Å². The zero-order valence-corrected chi connectivity index (χ0v) is 7.03. The molecule has 0 unspecified atom stereocenters. The van der Waals surface area contributed by atoms with Gasteiger partial charge in [-0.3, -0.25) is 4.79 Å². The second-order valence-electron chi connectivity index (χ2n) is 3.18. The molecule has 0 heterocycles. The van der Waals surface area contributed by atoms with E-state index in [1.54, 1.807) is 0 Å². The topological polar surface area (TPSA) is 29.1 Å². The SMILES string of the molecule is [CH2]C(C)(C)NC(=O)CCC. The van der Waals surface area contributed by atoms with E-state index in [2.05, 4.69) is 12.2 Å². The second kappa shape index (κ2) is 3.59. The number of carbonyl (C=O) groups is 1. The van der Waals surface area contributed by atoms with E-state index < -0.39 is 0 Å². The summed E-state index contributed by atoms with van der Waals surface area (Å²) in [5, 5.41) is 2.77. The summed E-state index contributed by atoms with van der Waals surface area (Å²) in [7, 11) is 0. The molecular weight excluding hydrogens is 126 g/mol. The number of carbonyl (C=O) groups excluding carboxylic acids is 1. The van der Waals surface area contributed by atoms with Crippen LogP contribution >= 0.6 is 0 Å². The molecule has 0 aliphatic rings. The molecular formula is C8H16NO. The van der Waals surface area contributed by atoms with Gasteiger partial charge in [0.2, 0.25) is 5.91 Å². The summed E-state index contributed by atoms with van der Waals surface area (Å²) < 4.78 is 0. The van der Waals surface area contributed by atoms with E-state index in [0.29, 0.717) is 6.42 Å². The molecule has 0 rings (SSSR count). The standard InChI is InChI=1S/C8H16NO/c1-5-6-7(10)9-8(2,3)4/h2,5-6H2,1,3-4H3,(H,9,10). The van der Waals surface area contributed by atoms with Gasteiger partial charge in [0.25, 0.3) is 0 Å². The predicted octanol–water partition coefficient (Wildman–Crippen LogP) is 1.52. The molecule has 0 fully saturated rings. The highest BCUT2D eigenvalue weighted by Gasteiger charge is 2.11. The number of amides is 1. The van der Waals surface area contributed by atoms with Crippen molar-refractivity contribution in [1.29, 1.82) is 0 Å². The maximum atomic E-state index is 10.9. The Morgan fingerprint density at radius 1 is 1.60 bits per heavy atom. The summed E-state index contributed by atoms with van der Waals surface area (Å²) in [6.07, 6.45) is 1.49. The number of nitrogens with one attached hydrogen (secondary N) is 1. The van der Waals surface area contributed by atoms with Crippen LogP contribution in [0.2, 0.25) is 0 Å². The van der Waals surface area contributed by atoms with Crippen molar-refractivity contribution in [2.24, 2.45) is 0 Å². The quantitative estimate of drug-likeness (QED) is 0.636. The Bertz CT molecular complexity index is 113. The Kier molecular flexibility index (Phi) is 3.40. The van der Waals surface area contributed by atoms with Gasteiger partial charge in [-0.25, -0.2) is 0 Å². The highest BCUT2D eigenvalue weighted by atomic mass is 16.1. The zero-order chi connectivity index (χ0) is 8.20. The minimum atomic E-state index is -0.327. The summed E-state index contributed by atoms with van der Waals surface area (Å²) >= 11 is 0. The van der Waals surface area contributed by atoms with Gasteiger partial charge in [0, 0.05) is 12.0 Å². The third-order valence-corrected chi connectivity index (χ3v) is 0.955. The molecule has 1 amide bonds. The number of hydrogen-bond donors (Lipinski definition) is 1. The van der Waals surface area contributed by atoms with Crippen LogP contribution in [0, 0.1) is 6.92 Å². The van der Waals surface area contributed by atoms with E-state index in [9.17, 15) is 4.79 Å². The van der Waals surface area contributed by atoms with Crippen molar-refractivity contribution >= 4 is 5.91 Å². The first-order chi connectivity index (χ1) is 4.45. The zero-order valence-electron chi connectivity index (χ0n) is 7.03. The van der Waals surface area contributed by atoms with Gasteiger partial charge < -0.3 is 5.32 Å². The first-order valence-electron chi connectivity index (χ1n) is 3.62. The molecule has 59 valence electrons. The first kappa shape index (κ1) is 9.47. The van der Waals surface area contributed by atoms with Gasteiger partial charge in [-0.2, -0.15) is 0 Å². The lowest BCUT2D eigenvalue weighted by atomic mass is 10.1. The third-order valence-electron chi connectivity index (χ3n) is 0.955. The molecule has 0 aromatic rings. The minimum Gasteiger partial charge on any atom is -0.351 e. The average molecular weight is 142 g/mol. The molecule has 10 heavy (non-hydrogen) atoms. The molecule has 0 saturated heterocycles. The van der Waals surface area contributed by atoms with Crippen LogP contribution in [0.15, 0.2) is 0 Å². The Labute approximate surface area is 63.0 Å². The normalized spacial score (nSPS) is 11.2. The second-order valence-corrected chi connectivity index (χ2v) is 3.18. The average Bonchev–Trinajstić information content (AvgIpc) is 1.59. The van der Waals surface area contributed by atoms with Gasteiger partial charge in [0.1, 0.15) is 0 Å². The van der Waals surface area contributed by atoms with E-state index in [4.69, 9.17) is 0 Å². The first-order valence-corrected chi connectivity index (χ1v) is 3.62. The molecule has 0 aliphatic heterocycles. The minimum absolute atomic E-state index is 0.0856. The molecule has 0 aliphatic carbocycles. The summed E-state index contributed by atoms with van der Waals surface area (Å²) in [6.45, 7) is 9.49. The van der Waals surface area contributed by atoms with Crippen molar-refractivity contribution in [2.75, 3.05) is 0 Å². The third kappa shape index (κ3) is 5.60. The van der Waals surface area contributed by atoms with Crippen molar-refractivity contribution in [2.45, 2.75) is 39.2 Å². The van der Waals surface area contributed by atoms with E-state index >= 15 is 0 Å². The van der Waals surface area contributed by atoms with E-state index in [1.165, 1.54) is 0 Å². The Balaban J connectivity index is 3.58. The molecule has 2 nitrogen and oxygen atoms in total. The number of hydrogen-bond acceptors (Lipinski definition) is 1. The van der Waals surface area contributed by atoms with Crippen molar-refractivity contribution in [1.82, 2.24) is 5.32 Å². The lowest BCUT2D eigenvalue weighted by molar-refractivity contribution is -0.122. The Hall–Kier alpha value is -0.530.